The average Bonchev–Trinajstić information content (AvgIpc) is 2.68. The number of carboxylic acids is 3. The van der Waals surface area contributed by atoms with Gasteiger partial charge in [0.25, 0.3) is 0 Å². The molecule has 0 bridgehead atoms. The molecule has 0 saturated carbocycles. The Morgan fingerprint density at radius 3 is 1.41 bits per heavy atom. The zero-order valence-corrected chi connectivity index (χ0v) is 20.4. The summed E-state index contributed by atoms with van der Waals surface area (Å²) < 4.78 is 0. The third-order valence-corrected chi connectivity index (χ3v) is 5.22. The SMILES string of the molecule is O=C([O-])CN1CCN(CC(=O)O)CCN(CC(=O)[O-])CCN([C@@H](CO)[C@@H](O)CO)CC1.[Ca+2]. The molecule has 180 valence electrons. The van der Waals surface area contributed by atoms with Crippen LogP contribution in [0.15, 0.2) is 0 Å². The molecule has 0 amide bonds. The first kappa shape index (κ1) is 31.4. The summed E-state index contributed by atoms with van der Waals surface area (Å²) in [5.74, 6) is -3.64. The van der Waals surface area contributed by atoms with E-state index in [-0.39, 0.29) is 110 Å². The fraction of sp³-hybridized carbons (Fsp3) is 0.833. The van der Waals surface area contributed by atoms with Crippen LogP contribution in [0.5, 0.6) is 0 Å². The van der Waals surface area contributed by atoms with Crippen molar-refractivity contribution in [3.8, 4) is 0 Å². The Morgan fingerprint density at radius 1 is 0.719 bits per heavy atom. The van der Waals surface area contributed by atoms with Crippen molar-refractivity contribution in [3.05, 3.63) is 0 Å². The van der Waals surface area contributed by atoms with Gasteiger partial charge in [-0.15, -0.1) is 0 Å². The molecule has 2 atom stereocenters. The number of aliphatic hydroxyl groups excluding tert-OH is 3. The zero-order valence-electron chi connectivity index (χ0n) is 18.2. The van der Waals surface area contributed by atoms with Gasteiger partial charge in [0.15, 0.2) is 0 Å². The van der Waals surface area contributed by atoms with Crippen molar-refractivity contribution in [2.75, 3.05) is 85.2 Å². The number of rotatable bonds is 10. The number of carbonyl (C=O) groups is 3. The first-order chi connectivity index (χ1) is 14.7. The van der Waals surface area contributed by atoms with E-state index in [2.05, 4.69) is 0 Å². The molecular formula is C18H32CaN4O9. The van der Waals surface area contributed by atoms with Gasteiger partial charge in [0.1, 0.15) is 0 Å². The maximum atomic E-state index is 11.2. The Hall–Kier alpha value is -0.610. The predicted molar refractivity (Wildman–Crippen MR) is 108 cm³/mol. The van der Waals surface area contributed by atoms with Gasteiger partial charge in [0, 0.05) is 65.4 Å². The van der Waals surface area contributed by atoms with E-state index in [1.807, 2.05) is 0 Å². The van der Waals surface area contributed by atoms with Crippen molar-refractivity contribution in [3.63, 3.8) is 0 Å². The van der Waals surface area contributed by atoms with Crippen LogP contribution < -0.4 is 10.2 Å². The van der Waals surface area contributed by atoms with Gasteiger partial charge in [-0.05, 0) is 0 Å². The van der Waals surface area contributed by atoms with Crippen molar-refractivity contribution in [1.29, 1.82) is 0 Å². The number of aliphatic carboxylic acids is 3. The van der Waals surface area contributed by atoms with Gasteiger partial charge in [-0.3, -0.25) is 24.4 Å². The second kappa shape index (κ2) is 16.9. The van der Waals surface area contributed by atoms with Gasteiger partial charge < -0.3 is 40.2 Å². The molecule has 0 aliphatic carbocycles. The van der Waals surface area contributed by atoms with Crippen LogP contribution in [0.2, 0.25) is 0 Å². The van der Waals surface area contributed by atoms with Crippen LogP contribution >= 0.6 is 0 Å². The molecule has 0 aromatic carbocycles. The molecule has 4 N–H and O–H groups in total. The minimum atomic E-state index is -1.29. The minimum Gasteiger partial charge on any atom is -0.549 e. The number of aliphatic hydroxyl groups is 3. The molecule has 1 fully saturated rings. The van der Waals surface area contributed by atoms with Crippen molar-refractivity contribution >= 4 is 55.6 Å². The van der Waals surface area contributed by atoms with Gasteiger partial charge in [-0.25, -0.2) is 0 Å². The van der Waals surface area contributed by atoms with Crippen LogP contribution in [0.1, 0.15) is 0 Å². The molecule has 0 aromatic heterocycles. The van der Waals surface area contributed by atoms with Crippen molar-refractivity contribution in [2.45, 2.75) is 12.1 Å². The third kappa shape index (κ3) is 12.6. The summed E-state index contributed by atoms with van der Waals surface area (Å²) >= 11 is 0. The summed E-state index contributed by atoms with van der Waals surface area (Å²) in [5.41, 5.74) is 0. The van der Waals surface area contributed by atoms with Gasteiger partial charge in [-0.1, -0.05) is 0 Å². The molecule has 1 heterocycles. The van der Waals surface area contributed by atoms with E-state index >= 15 is 0 Å². The molecule has 14 heteroatoms. The summed E-state index contributed by atoms with van der Waals surface area (Å²) in [4.78, 5) is 39.8. The van der Waals surface area contributed by atoms with Crippen molar-refractivity contribution < 1.29 is 45.0 Å². The summed E-state index contributed by atoms with van der Waals surface area (Å²) in [6, 6.07) is -0.828. The van der Waals surface area contributed by atoms with Gasteiger partial charge in [0.05, 0.1) is 43.8 Å². The largest absolute Gasteiger partial charge is 2.00 e. The maximum Gasteiger partial charge on any atom is 2.00 e. The number of hydrogen-bond acceptors (Lipinski definition) is 12. The Balaban J connectivity index is 0.00000961. The third-order valence-electron chi connectivity index (χ3n) is 5.22. The normalized spacial score (nSPS) is 20.3. The Kier molecular flexibility index (Phi) is 16.6. The van der Waals surface area contributed by atoms with Gasteiger partial charge in [0.2, 0.25) is 0 Å². The topological polar surface area (TPSA) is 191 Å². The first-order valence-corrected chi connectivity index (χ1v) is 10.1. The first-order valence-electron chi connectivity index (χ1n) is 10.1. The summed E-state index contributed by atoms with van der Waals surface area (Å²) in [7, 11) is 0. The molecule has 0 aromatic rings. The van der Waals surface area contributed by atoms with Crippen LogP contribution in [0.4, 0.5) is 0 Å². The maximum absolute atomic E-state index is 11.2. The van der Waals surface area contributed by atoms with E-state index in [0.29, 0.717) is 0 Å². The molecule has 1 aliphatic rings. The van der Waals surface area contributed by atoms with Crippen LogP contribution in [0, 0.1) is 0 Å². The molecular weight excluding hydrogens is 456 g/mol. The fourth-order valence-corrected chi connectivity index (χ4v) is 3.52. The molecule has 0 spiro atoms. The zero-order chi connectivity index (χ0) is 23.4. The van der Waals surface area contributed by atoms with E-state index in [1.165, 1.54) is 0 Å². The van der Waals surface area contributed by atoms with E-state index in [4.69, 9.17) is 5.11 Å². The molecule has 0 radical (unpaired) electrons. The van der Waals surface area contributed by atoms with Gasteiger partial charge in [-0.2, -0.15) is 0 Å². The van der Waals surface area contributed by atoms with Crippen LogP contribution in [-0.2, 0) is 14.4 Å². The van der Waals surface area contributed by atoms with E-state index in [9.17, 15) is 39.9 Å². The molecule has 1 rings (SSSR count). The molecule has 0 unspecified atom stereocenters. The number of carbonyl (C=O) groups excluding carboxylic acids is 2. The minimum absolute atomic E-state index is 0. The average molecular weight is 489 g/mol. The van der Waals surface area contributed by atoms with E-state index in [0.717, 1.165) is 0 Å². The van der Waals surface area contributed by atoms with Crippen LogP contribution in [0.25, 0.3) is 0 Å². The van der Waals surface area contributed by atoms with E-state index in [1.54, 1.807) is 19.6 Å². The number of nitrogens with zero attached hydrogens (tertiary/aromatic N) is 4. The molecule has 1 saturated heterocycles. The summed E-state index contributed by atoms with van der Waals surface area (Å²) in [6.45, 7) is -0.301. The number of carboxylic acid groups (broad SMARTS) is 3. The second-order valence-electron chi connectivity index (χ2n) is 7.50. The molecule has 32 heavy (non-hydrogen) atoms. The Morgan fingerprint density at radius 2 is 1.09 bits per heavy atom. The van der Waals surface area contributed by atoms with E-state index < -0.39 is 43.3 Å². The number of hydrogen-bond donors (Lipinski definition) is 4. The fourth-order valence-electron chi connectivity index (χ4n) is 3.52. The van der Waals surface area contributed by atoms with Crippen molar-refractivity contribution in [2.24, 2.45) is 0 Å². The smallest absolute Gasteiger partial charge is 0.549 e. The van der Waals surface area contributed by atoms with Crippen molar-refractivity contribution in [1.82, 2.24) is 19.6 Å². The predicted octanol–water partition coefficient (Wildman–Crippen LogP) is -6.87. The second-order valence-corrected chi connectivity index (χ2v) is 7.50. The Bertz CT molecular complexity index is 555. The standard InChI is InChI=1S/C18H34N4O9.Ca/c23-12-14(15(25)13-24)22-7-5-20(10-17(28)29)3-1-19(9-16(26)27)2-4-21(6-8-22)11-18(30)31;/h14-15,23-25H,1-13H2,(H,26,27)(H,28,29)(H,30,31);/q;+2/p-2/t14-,15-;/m0./s1. The monoisotopic (exact) mass is 488 g/mol. The summed E-state index contributed by atoms with van der Waals surface area (Å²) in [6.07, 6.45) is -1.24. The Labute approximate surface area is 216 Å². The molecule has 13 nitrogen and oxygen atoms in total. The molecule has 1 aliphatic heterocycles. The van der Waals surface area contributed by atoms with Gasteiger partial charge >= 0.3 is 43.7 Å². The van der Waals surface area contributed by atoms with Crippen LogP contribution in [0.3, 0.4) is 0 Å². The van der Waals surface area contributed by atoms with Crippen LogP contribution in [-0.4, -0.2) is 193 Å². The summed E-state index contributed by atoms with van der Waals surface area (Å²) in [5, 5.41) is 60.4. The quantitative estimate of drug-likeness (QED) is 0.212.